The summed E-state index contributed by atoms with van der Waals surface area (Å²) in [6.07, 6.45) is -0.498. The van der Waals surface area contributed by atoms with Crippen LogP contribution in [0.3, 0.4) is 0 Å². The second-order valence-corrected chi connectivity index (χ2v) is 5.86. The van der Waals surface area contributed by atoms with Crippen molar-refractivity contribution in [2.75, 3.05) is 38.7 Å². The van der Waals surface area contributed by atoms with E-state index in [9.17, 15) is 4.79 Å². The first-order valence-corrected chi connectivity index (χ1v) is 7.61. The summed E-state index contributed by atoms with van der Waals surface area (Å²) in [5.41, 5.74) is 2.13. The number of benzene rings is 1. The molecule has 112 valence electrons. The number of rotatable bonds is 3. The lowest BCUT2D eigenvalue weighted by molar-refractivity contribution is 0.0342. The maximum atomic E-state index is 11.2. The van der Waals surface area contributed by atoms with Gasteiger partial charge in [-0.3, -0.25) is 10.2 Å². The van der Waals surface area contributed by atoms with E-state index in [-0.39, 0.29) is 0 Å². The molecule has 6 nitrogen and oxygen atoms in total. The van der Waals surface area contributed by atoms with Crippen molar-refractivity contribution < 1.29 is 14.3 Å². The summed E-state index contributed by atoms with van der Waals surface area (Å²) in [4.78, 5) is 17.9. The molecule has 0 radical (unpaired) electrons. The van der Waals surface area contributed by atoms with Crippen LogP contribution in [0.1, 0.15) is 5.56 Å². The molecular weight excluding hydrogens is 290 g/mol. The van der Waals surface area contributed by atoms with Crippen molar-refractivity contribution in [2.24, 2.45) is 0 Å². The van der Waals surface area contributed by atoms with E-state index < -0.39 is 6.09 Å². The number of thiazole rings is 1. The maximum absolute atomic E-state index is 11.2. The molecule has 0 atom stereocenters. The molecule has 1 saturated heterocycles. The van der Waals surface area contributed by atoms with Crippen LogP contribution in [0, 0.1) is 0 Å². The number of nitrogens with zero attached hydrogens (tertiary/aromatic N) is 2. The zero-order chi connectivity index (χ0) is 14.7. The number of nitrogens with one attached hydrogen (secondary N) is 1. The molecule has 21 heavy (non-hydrogen) atoms. The highest BCUT2D eigenvalue weighted by atomic mass is 32.1. The van der Waals surface area contributed by atoms with Gasteiger partial charge in [-0.2, -0.15) is 0 Å². The molecule has 0 unspecified atom stereocenters. The highest BCUT2D eigenvalue weighted by molar-refractivity contribution is 7.22. The van der Waals surface area contributed by atoms with E-state index in [0.717, 1.165) is 43.1 Å². The van der Waals surface area contributed by atoms with Crippen LogP contribution >= 0.6 is 11.3 Å². The normalized spacial score (nSPS) is 16.0. The number of morpholine rings is 1. The van der Waals surface area contributed by atoms with E-state index in [4.69, 9.17) is 4.74 Å². The zero-order valence-electron chi connectivity index (χ0n) is 11.8. The molecule has 7 heteroatoms. The predicted molar refractivity (Wildman–Crippen MR) is 81.7 cm³/mol. The number of carbonyl (C=O) groups excluding carboxylic acids is 1. The largest absolute Gasteiger partial charge is 0.453 e. The average molecular weight is 307 g/mol. The number of fused-ring (bicyclic) bond motifs is 1. The molecule has 0 saturated carbocycles. The Morgan fingerprint density at radius 3 is 3.05 bits per heavy atom. The molecule has 0 spiro atoms. The van der Waals surface area contributed by atoms with Crippen LogP contribution in [0.4, 0.5) is 9.93 Å². The number of aromatic nitrogens is 1. The van der Waals surface area contributed by atoms with Crippen LogP contribution < -0.4 is 5.32 Å². The number of carbonyl (C=O) groups is 1. The van der Waals surface area contributed by atoms with Gasteiger partial charge < -0.3 is 9.47 Å². The molecule has 1 N–H and O–H groups in total. The first kappa shape index (κ1) is 14.2. The van der Waals surface area contributed by atoms with Crippen molar-refractivity contribution in [3.05, 3.63) is 23.8 Å². The van der Waals surface area contributed by atoms with Crippen molar-refractivity contribution in [2.45, 2.75) is 6.54 Å². The fourth-order valence-corrected chi connectivity index (χ4v) is 3.19. The fraction of sp³-hybridized carbons (Fsp3) is 0.429. The van der Waals surface area contributed by atoms with E-state index in [1.807, 2.05) is 6.07 Å². The lowest BCUT2D eigenvalue weighted by Gasteiger charge is -2.26. The van der Waals surface area contributed by atoms with Crippen LogP contribution in [-0.4, -0.2) is 49.4 Å². The summed E-state index contributed by atoms with van der Waals surface area (Å²) in [7, 11) is 1.34. The topological polar surface area (TPSA) is 63.7 Å². The van der Waals surface area contributed by atoms with Gasteiger partial charge in [0.25, 0.3) is 0 Å². The molecule has 0 bridgehead atoms. The first-order chi connectivity index (χ1) is 10.2. The Morgan fingerprint density at radius 1 is 1.48 bits per heavy atom. The molecule has 0 aliphatic carbocycles. The van der Waals surface area contributed by atoms with E-state index in [2.05, 4.69) is 32.1 Å². The molecular formula is C14H17N3O3S. The van der Waals surface area contributed by atoms with Gasteiger partial charge in [0.2, 0.25) is 0 Å². The molecule has 2 aromatic rings. The van der Waals surface area contributed by atoms with Gasteiger partial charge in [-0.25, -0.2) is 9.78 Å². The van der Waals surface area contributed by atoms with Gasteiger partial charge in [0.1, 0.15) is 0 Å². The maximum Gasteiger partial charge on any atom is 0.413 e. The van der Waals surface area contributed by atoms with E-state index >= 15 is 0 Å². The lowest BCUT2D eigenvalue weighted by Crippen LogP contribution is -2.35. The Morgan fingerprint density at radius 2 is 2.29 bits per heavy atom. The Bertz CT molecular complexity index is 637. The standard InChI is InChI=1S/C14H17N3O3S/c1-19-14(18)16-13-15-11-3-2-10(8-12(11)21-13)9-17-4-6-20-7-5-17/h2-3,8H,4-7,9H2,1H3,(H,15,16,18). The Kier molecular flexibility index (Phi) is 4.33. The SMILES string of the molecule is COC(=O)Nc1nc2ccc(CN3CCOCC3)cc2s1. The van der Waals surface area contributed by atoms with Gasteiger partial charge in [0.15, 0.2) is 5.13 Å². The minimum absolute atomic E-state index is 0.498. The van der Waals surface area contributed by atoms with Crippen molar-refractivity contribution >= 4 is 32.8 Å². The van der Waals surface area contributed by atoms with E-state index in [0.29, 0.717) is 5.13 Å². The molecule has 2 heterocycles. The molecule has 1 aromatic carbocycles. The molecule has 1 aromatic heterocycles. The van der Waals surface area contributed by atoms with Crippen molar-refractivity contribution in [1.29, 1.82) is 0 Å². The van der Waals surface area contributed by atoms with Crippen molar-refractivity contribution in [3.8, 4) is 0 Å². The number of amides is 1. The highest BCUT2D eigenvalue weighted by Gasteiger charge is 2.12. The third-order valence-corrected chi connectivity index (χ3v) is 4.29. The van der Waals surface area contributed by atoms with E-state index in [1.54, 1.807) is 0 Å². The summed E-state index contributed by atoms with van der Waals surface area (Å²) >= 11 is 1.45. The fourth-order valence-electron chi connectivity index (χ4n) is 2.28. The van der Waals surface area contributed by atoms with Gasteiger partial charge >= 0.3 is 6.09 Å². The van der Waals surface area contributed by atoms with Crippen LogP contribution in [-0.2, 0) is 16.0 Å². The summed E-state index contributed by atoms with van der Waals surface area (Å²) in [6, 6.07) is 6.20. The molecule has 1 aliphatic rings. The summed E-state index contributed by atoms with van der Waals surface area (Å²) < 4.78 is 11.0. The van der Waals surface area contributed by atoms with E-state index in [1.165, 1.54) is 24.0 Å². The van der Waals surface area contributed by atoms with Crippen LogP contribution in [0.15, 0.2) is 18.2 Å². The molecule has 3 rings (SSSR count). The quantitative estimate of drug-likeness (QED) is 0.942. The summed E-state index contributed by atoms with van der Waals surface area (Å²) in [6.45, 7) is 4.45. The second-order valence-electron chi connectivity index (χ2n) is 4.83. The summed E-state index contributed by atoms with van der Waals surface area (Å²) in [5.74, 6) is 0. The van der Waals surface area contributed by atoms with Crippen molar-refractivity contribution in [1.82, 2.24) is 9.88 Å². The third kappa shape index (κ3) is 3.49. The number of hydrogen-bond donors (Lipinski definition) is 1. The summed E-state index contributed by atoms with van der Waals surface area (Å²) in [5, 5.41) is 3.16. The van der Waals surface area contributed by atoms with Gasteiger partial charge in [0.05, 0.1) is 30.5 Å². The number of hydrogen-bond acceptors (Lipinski definition) is 6. The molecule has 1 fully saturated rings. The van der Waals surface area contributed by atoms with Crippen LogP contribution in [0.25, 0.3) is 10.2 Å². The number of methoxy groups -OCH3 is 1. The molecule has 1 amide bonds. The number of anilines is 1. The average Bonchev–Trinajstić information content (AvgIpc) is 2.89. The smallest absolute Gasteiger partial charge is 0.413 e. The third-order valence-electron chi connectivity index (χ3n) is 3.36. The monoisotopic (exact) mass is 307 g/mol. The van der Waals surface area contributed by atoms with Crippen LogP contribution in [0.5, 0.6) is 0 Å². The van der Waals surface area contributed by atoms with Gasteiger partial charge in [-0.15, -0.1) is 0 Å². The predicted octanol–water partition coefficient (Wildman–Crippen LogP) is 2.31. The Hall–Kier alpha value is -1.70. The first-order valence-electron chi connectivity index (χ1n) is 6.79. The lowest BCUT2D eigenvalue weighted by atomic mass is 10.2. The number of ether oxygens (including phenoxy) is 2. The Balaban J connectivity index is 1.74. The highest BCUT2D eigenvalue weighted by Crippen LogP contribution is 2.27. The zero-order valence-corrected chi connectivity index (χ0v) is 12.6. The Labute approximate surface area is 126 Å². The van der Waals surface area contributed by atoms with Gasteiger partial charge in [0, 0.05) is 19.6 Å². The van der Waals surface area contributed by atoms with Gasteiger partial charge in [-0.1, -0.05) is 17.4 Å². The molecule has 1 aliphatic heterocycles. The van der Waals surface area contributed by atoms with Gasteiger partial charge in [-0.05, 0) is 17.7 Å². The van der Waals surface area contributed by atoms with Crippen LogP contribution in [0.2, 0.25) is 0 Å². The minimum Gasteiger partial charge on any atom is -0.453 e. The van der Waals surface area contributed by atoms with Crippen molar-refractivity contribution in [3.63, 3.8) is 0 Å². The minimum atomic E-state index is -0.498. The second kappa shape index (κ2) is 6.38.